The van der Waals surface area contributed by atoms with Crippen LogP contribution in [0.3, 0.4) is 0 Å². The number of rotatable bonds is 7. The summed E-state index contributed by atoms with van der Waals surface area (Å²) in [5.41, 5.74) is 0.938. The van der Waals surface area contributed by atoms with Crippen LogP contribution in [0.4, 0.5) is 0 Å². The van der Waals surface area contributed by atoms with Crippen LogP contribution in [0.1, 0.15) is 38.3 Å². The Labute approximate surface area is 103 Å². The smallest absolute Gasteiger partial charge is 0.232 e. The van der Waals surface area contributed by atoms with Gasteiger partial charge in [0.1, 0.15) is 0 Å². The van der Waals surface area contributed by atoms with Crippen LogP contribution in [-0.2, 0) is 6.54 Å². The first kappa shape index (κ1) is 12.3. The van der Waals surface area contributed by atoms with Crippen LogP contribution in [0.2, 0.25) is 0 Å². The number of ether oxygens (including phenoxy) is 1. The van der Waals surface area contributed by atoms with Crippen molar-refractivity contribution in [2.45, 2.75) is 39.2 Å². The lowest BCUT2D eigenvalue weighted by atomic mass is 9.83. The van der Waals surface area contributed by atoms with Crippen molar-refractivity contribution in [3.05, 3.63) is 18.1 Å². The molecule has 0 aromatic carbocycles. The molecule has 1 heterocycles. The van der Waals surface area contributed by atoms with E-state index in [1.54, 1.807) is 12.4 Å². The molecular weight excluding hydrogens is 214 g/mol. The van der Waals surface area contributed by atoms with E-state index in [-0.39, 0.29) is 0 Å². The predicted octanol–water partition coefficient (Wildman–Crippen LogP) is 2.16. The van der Waals surface area contributed by atoms with Crippen LogP contribution in [0.25, 0.3) is 0 Å². The third-order valence-corrected chi connectivity index (χ3v) is 3.22. The summed E-state index contributed by atoms with van der Waals surface area (Å²) in [6.07, 6.45) is 8.75. The van der Waals surface area contributed by atoms with Crippen molar-refractivity contribution in [3.63, 3.8) is 0 Å². The van der Waals surface area contributed by atoms with Gasteiger partial charge < -0.3 is 10.1 Å². The summed E-state index contributed by atoms with van der Waals surface area (Å²) in [5, 5.41) is 3.23. The van der Waals surface area contributed by atoms with Gasteiger partial charge in [0, 0.05) is 12.7 Å². The SMILES string of the molecule is CCNCc1cncc(OCCC2CCC2)n1. The molecule has 1 N–H and O–H groups in total. The second-order valence-electron chi connectivity index (χ2n) is 4.56. The van der Waals surface area contributed by atoms with Crippen LogP contribution in [0, 0.1) is 5.92 Å². The Balaban J connectivity index is 1.74. The number of nitrogens with zero attached hydrogens (tertiary/aromatic N) is 2. The van der Waals surface area contributed by atoms with Crippen molar-refractivity contribution < 1.29 is 4.74 Å². The maximum Gasteiger partial charge on any atom is 0.232 e. The molecule has 0 aliphatic heterocycles. The number of hydrogen-bond acceptors (Lipinski definition) is 4. The molecule has 1 aromatic rings. The highest BCUT2D eigenvalue weighted by molar-refractivity contribution is 5.08. The zero-order valence-electron chi connectivity index (χ0n) is 10.5. The van der Waals surface area contributed by atoms with E-state index >= 15 is 0 Å². The maximum atomic E-state index is 5.63. The zero-order valence-corrected chi connectivity index (χ0v) is 10.5. The summed E-state index contributed by atoms with van der Waals surface area (Å²) >= 11 is 0. The Morgan fingerprint density at radius 1 is 1.41 bits per heavy atom. The minimum absolute atomic E-state index is 0.653. The first-order valence-corrected chi connectivity index (χ1v) is 6.53. The first-order chi connectivity index (χ1) is 8.38. The quantitative estimate of drug-likeness (QED) is 0.786. The van der Waals surface area contributed by atoms with Crippen molar-refractivity contribution >= 4 is 0 Å². The summed E-state index contributed by atoms with van der Waals surface area (Å²) in [4.78, 5) is 8.55. The van der Waals surface area contributed by atoms with Gasteiger partial charge in [-0.1, -0.05) is 26.2 Å². The lowest BCUT2D eigenvalue weighted by molar-refractivity contribution is 0.216. The largest absolute Gasteiger partial charge is 0.477 e. The number of aromatic nitrogens is 2. The second kappa shape index (κ2) is 6.55. The van der Waals surface area contributed by atoms with Gasteiger partial charge in [0.05, 0.1) is 18.5 Å². The fourth-order valence-corrected chi connectivity index (χ4v) is 1.91. The summed E-state index contributed by atoms with van der Waals surface area (Å²) in [5.74, 6) is 1.53. The highest BCUT2D eigenvalue weighted by Crippen LogP contribution is 2.29. The molecule has 0 radical (unpaired) electrons. The fourth-order valence-electron chi connectivity index (χ4n) is 1.91. The third kappa shape index (κ3) is 3.97. The van der Waals surface area contributed by atoms with Gasteiger partial charge in [-0.2, -0.15) is 0 Å². The highest BCUT2D eigenvalue weighted by Gasteiger charge is 2.16. The predicted molar refractivity (Wildman–Crippen MR) is 66.9 cm³/mol. The first-order valence-electron chi connectivity index (χ1n) is 6.53. The van der Waals surface area contributed by atoms with Crippen LogP contribution in [-0.4, -0.2) is 23.1 Å². The highest BCUT2D eigenvalue weighted by atomic mass is 16.5. The van der Waals surface area contributed by atoms with Gasteiger partial charge in [-0.15, -0.1) is 0 Å². The summed E-state index contributed by atoms with van der Waals surface area (Å²) in [6.45, 7) is 4.54. The summed E-state index contributed by atoms with van der Waals surface area (Å²) in [7, 11) is 0. The van der Waals surface area contributed by atoms with Gasteiger partial charge in [-0.3, -0.25) is 4.98 Å². The normalized spacial score (nSPS) is 15.6. The van der Waals surface area contributed by atoms with Crippen LogP contribution in [0.15, 0.2) is 12.4 Å². The molecule has 1 aliphatic rings. The average Bonchev–Trinajstić information content (AvgIpc) is 2.30. The van der Waals surface area contributed by atoms with Crippen molar-refractivity contribution in [3.8, 4) is 5.88 Å². The number of nitrogens with one attached hydrogen (secondary N) is 1. The number of hydrogen-bond donors (Lipinski definition) is 1. The van der Waals surface area contributed by atoms with Gasteiger partial charge in [-0.05, 0) is 18.9 Å². The Morgan fingerprint density at radius 3 is 3.00 bits per heavy atom. The standard InChI is InChI=1S/C13H21N3O/c1-2-14-8-12-9-15-10-13(16-12)17-7-6-11-4-3-5-11/h9-11,14H,2-8H2,1H3. The van der Waals surface area contributed by atoms with E-state index < -0.39 is 0 Å². The molecule has 4 heteroatoms. The van der Waals surface area contributed by atoms with Crippen LogP contribution >= 0.6 is 0 Å². The molecule has 1 aromatic heterocycles. The van der Waals surface area contributed by atoms with Crippen LogP contribution < -0.4 is 10.1 Å². The molecule has 1 fully saturated rings. The zero-order chi connectivity index (χ0) is 11.9. The van der Waals surface area contributed by atoms with Crippen molar-refractivity contribution in [1.82, 2.24) is 15.3 Å². The Morgan fingerprint density at radius 2 is 2.29 bits per heavy atom. The van der Waals surface area contributed by atoms with Crippen LogP contribution in [0.5, 0.6) is 5.88 Å². The minimum Gasteiger partial charge on any atom is -0.477 e. The molecule has 0 saturated heterocycles. The van der Waals surface area contributed by atoms with Crippen molar-refractivity contribution in [1.29, 1.82) is 0 Å². The molecular formula is C13H21N3O. The third-order valence-electron chi connectivity index (χ3n) is 3.22. The Kier molecular flexibility index (Phi) is 4.74. The topological polar surface area (TPSA) is 47.0 Å². The van der Waals surface area contributed by atoms with Gasteiger partial charge in [0.15, 0.2) is 0 Å². The van der Waals surface area contributed by atoms with Gasteiger partial charge in [-0.25, -0.2) is 4.98 Å². The molecule has 1 saturated carbocycles. The van der Waals surface area contributed by atoms with E-state index in [0.717, 1.165) is 37.7 Å². The van der Waals surface area contributed by atoms with E-state index in [2.05, 4.69) is 22.2 Å². The van der Waals surface area contributed by atoms with Crippen molar-refractivity contribution in [2.24, 2.45) is 5.92 Å². The van der Waals surface area contributed by atoms with E-state index in [1.807, 2.05) is 0 Å². The lowest BCUT2D eigenvalue weighted by Crippen LogP contribution is -2.16. The molecule has 2 rings (SSSR count). The average molecular weight is 235 g/mol. The Hall–Kier alpha value is -1.16. The van der Waals surface area contributed by atoms with E-state index in [1.165, 1.54) is 19.3 Å². The maximum absolute atomic E-state index is 5.63. The minimum atomic E-state index is 0.653. The van der Waals surface area contributed by atoms with E-state index in [9.17, 15) is 0 Å². The summed E-state index contributed by atoms with van der Waals surface area (Å²) in [6, 6.07) is 0. The molecule has 0 spiro atoms. The monoisotopic (exact) mass is 235 g/mol. The fraction of sp³-hybridized carbons (Fsp3) is 0.692. The van der Waals surface area contributed by atoms with E-state index in [4.69, 9.17) is 4.74 Å². The molecule has 17 heavy (non-hydrogen) atoms. The molecule has 0 unspecified atom stereocenters. The molecule has 4 nitrogen and oxygen atoms in total. The molecule has 94 valence electrons. The molecule has 1 aliphatic carbocycles. The van der Waals surface area contributed by atoms with Gasteiger partial charge in [0.25, 0.3) is 0 Å². The van der Waals surface area contributed by atoms with E-state index in [0.29, 0.717) is 5.88 Å². The molecule has 0 bridgehead atoms. The Bertz CT molecular complexity index is 339. The van der Waals surface area contributed by atoms with Crippen molar-refractivity contribution in [2.75, 3.05) is 13.2 Å². The summed E-state index contributed by atoms with van der Waals surface area (Å²) < 4.78 is 5.63. The lowest BCUT2D eigenvalue weighted by Gasteiger charge is -2.24. The van der Waals surface area contributed by atoms with Gasteiger partial charge >= 0.3 is 0 Å². The molecule has 0 amide bonds. The second-order valence-corrected chi connectivity index (χ2v) is 4.56. The molecule has 0 atom stereocenters. The van der Waals surface area contributed by atoms with Gasteiger partial charge in [0.2, 0.25) is 5.88 Å².